The molecule has 106 valence electrons. The second-order valence-electron chi connectivity index (χ2n) is 4.86. The number of rotatable bonds is 5. The molecule has 0 aromatic heterocycles. The van der Waals surface area contributed by atoms with Crippen LogP contribution in [-0.2, 0) is 0 Å². The van der Waals surface area contributed by atoms with E-state index in [1.807, 2.05) is 24.3 Å². The summed E-state index contributed by atoms with van der Waals surface area (Å²) in [6, 6.07) is 16.7. The van der Waals surface area contributed by atoms with Crippen molar-refractivity contribution in [2.75, 3.05) is 18.0 Å². The van der Waals surface area contributed by atoms with Crippen molar-refractivity contribution in [1.29, 1.82) is 0 Å². The lowest BCUT2D eigenvalue weighted by molar-refractivity contribution is 0.866. The molecule has 0 spiro atoms. The lowest BCUT2D eigenvalue weighted by Crippen LogP contribution is -2.21. The number of hydrogen-bond donors (Lipinski definition) is 0. The third-order valence-electron chi connectivity index (χ3n) is 3.57. The van der Waals surface area contributed by atoms with E-state index >= 15 is 0 Å². The Morgan fingerprint density at radius 1 is 0.857 bits per heavy atom. The maximum atomic E-state index is 5.35. The highest BCUT2D eigenvalue weighted by atomic mass is 15.1. The van der Waals surface area contributed by atoms with Gasteiger partial charge in [0.25, 0.3) is 0 Å². The van der Waals surface area contributed by atoms with Gasteiger partial charge in [0.1, 0.15) is 0 Å². The van der Waals surface area contributed by atoms with E-state index in [2.05, 4.69) is 61.1 Å². The highest BCUT2D eigenvalue weighted by Gasteiger charge is 2.00. The molecular weight excluding hydrogens is 254 g/mol. The van der Waals surface area contributed by atoms with Gasteiger partial charge in [-0.2, -0.15) is 0 Å². The molecule has 0 saturated carbocycles. The van der Waals surface area contributed by atoms with Crippen LogP contribution in [0.4, 0.5) is 5.69 Å². The smallest absolute Gasteiger partial charge is 0.0366 e. The summed E-state index contributed by atoms with van der Waals surface area (Å²) in [5.74, 6) is 2.63. The van der Waals surface area contributed by atoms with E-state index in [9.17, 15) is 0 Å². The Balaban J connectivity index is 2.08. The molecule has 2 rings (SSSR count). The lowest BCUT2D eigenvalue weighted by atomic mass is 10.1. The molecule has 1 heteroatoms. The van der Waals surface area contributed by atoms with E-state index in [0.29, 0.717) is 0 Å². The van der Waals surface area contributed by atoms with E-state index < -0.39 is 0 Å². The Hall–Kier alpha value is -2.46. The summed E-state index contributed by atoms with van der Waals surface area (Å²) >= 11 is 0. The van der Waals surface area contributed by atoms with Crippen molar-refractivity contribution in [2.24, 2.45) is 0 Å². The molecule has 0 unspecified atom stereocenters. The highest BCUT2D eigenvalue weighted by molar-refractivity contribution is 5.70. The monoisotopic (exact) mass is 275 g/mol. The first-order valence-corrected chi connectivity index (χ1v) is 7.36. The Bertz CT molecular complexity index is 623. The Labute approximate surface area is 127 Å². The minimum atomic E-state index is 0.913. The standard InChI is InChI=1S/C20H21N/c1-4-17-7-9-18(10-8-17)11-12-19-13-15-20(16-14-19)21(5-2)6-3/h1,7-16H,5-6H2,2-3H3/b12-11+. The van der Waals surface area contributed by atoms with Crippen molar-refractivity contribution in [3.8, 4) is 12.3 Å². The van der Waals surface area contributed by atoms with Gasteiger partial charge < -0.3 is 4.90 Å². The fourth-order valence-corrected chi connectivity index (χ4v) is 2.27. The number of nitrogens with zero attached hydrogens (tertiary/aromatic N) is 1. The van der Waals surface area contributed by atoms with E-state index in [1.165, 1.54) is 11.3 Å². The van der Waals surface area contributed by atoms with Gasteiger partial charge in [-0.25, -0.2) is 0 Å². The number of anilines is 1. The summed E-state index contributed by atoms with van der Waals surface area (Å²) in [6.07, 6.45) is 9.58. The predicted molar refractivity (Wildman–Crippen MR) is 93.3 cm³/mol. The second kappa shape index (κ2) is 7.36. The fourth-order valence-electron chi connectivity index (χ4n) is 2.27. The van der Waals surface area contributed by atoms with Crippen molar-refractivity contribution < 1.29 is 0 Å². The predicted octanol–water partition coefficient (Wildman–Crippen LogP) is 4.68. The molecule has 0 aliphatic carbocycles. The Morgan fingerprint density at radius 2 is 1.33 bits per heavy atom. The number of benzene rings is 2. The average molecular weight is 275 g/mol. The maximum Gasteiger partial charge on any atom is 0.0366 e. The summed E-state index contributed by atoms with van der Waals surface area (Å²) < 4.78 is 0. The van der Waals surface area contributed by atoms with Gasteiger partial charge in [0.2, 0.25) is 0 Å². The van der Waals surface area contributed by atoms with Crippen LogP contribution in [-0.4, -0.2) is 13.1 Å². The van der Waals surface area contributed by atoms with Crippen molar-refractivity contribution in [3.63, 3.8) is 0 Å². The molecule has 2 aromatic rings. The molecule has 0 heterocycles. The SMILES string of the molecule is C#Cc1ccc(/C=C/c2ccc(N(CC)CC)cc2)cc1. The van der Waals surface area contributed by atoms with Crippen LogP contribution in [0.2, 0.25) is 0 Å². The molecule has 0 radical (unpaired) electrons. The highest BCUT2D eigenvalue weighted by Crippen LogP contribution is 2.16. The minimum absolute atomic E-state index is 0.913. The molecular formula is C20H21N. The molecule has 1 nitrogen and oxygen atoms in total. The quantitative estimate of drug-likeness (QED) is 0.565. The summed E-state index contributed by atoms with van der Waals surface area (Å²) in [5, 5.41) is 0. The van der Waals surface area contributed by atoms with Crippen LogP contribution in [0.1, 0.15) is 30.5 Å². The van der Waals surface area contributed by atoms with Crippen LogP contribution < -0.4 is 4.90 Å². The first-order valence-electron chi connectivity index (χ1n) is 7.36. The second-order valence-corrected chi connectivity index (χ2v) is 4.86. The average Bonchev–Trinajstić information content (AvgIpc) is 2.55. The van der Waals surface area contributed by atoms with Crippen LogP contribution >= 0.6 is 0 Å². The largest absolute Gasteiger partial charge is 0.372 e. The normalized spacial score (nSPS) is 10.5. The van der Waals surface area contributed by atoms with E-state index in [1.54, 1.807) is 0 Å². The molecule has 0 fully saturated rings. The van der Waals surface area contributed by atoms with Gasteiger partial charge in [0.05, 0.1) is 0 Å². The van der Waals surface area contributed by atoms with Crippen LogP contribution in [0.3, 0.4) is 0 Å². The zero-order valence-corrected chi connectivity index (χ0v) is 12.7. The van der Waals surface area contributed by atoms with Gasteiger partial charge in [-0.1, -0.05) is 42.3 Å². The third-order valence-corrected chi connectivity index (χ3v) is 3.57. The third kappa shape index (κ3) is 4.00. The van der Waals surface area contributed by atoms with E-state index in [-0.39, 0.29) is 0 Å². The molecule has 0 aliphatic heterocycles. The van der Waals surface area contributed by atoms with E-state index in [0.717, 1.165) is 24.2 Å². The van der Waals surface area contributed by atoms with Gasteiger partial charge in [-0.3, -0.25) is 0 Å². The summed E-state index contributed by atoms with van der Waals surface area (Å²) in [4.78, 5) is 2.34. The molecule has 0 atom stereocenters. The minimum Gasteiger partial charge on any atom is -0.372 e. The van der Waals surface area contributed by atoms with Crippen LogP contribution in [0, 0.1) is 12.3 Å². The molecule has 21 heavy (non-hydrogen) atoms. The van der Waals surface area contributed by atoms with Gasteiger partial charge in [-0.15, -0.1) is 6.42 Å². The van der Waals surface area contributed by atoms with E-state index in [4.69, 9.17) is 6.42 Å². The lowest BCUT2D eigenvalue weighted by Gasteiger charge is -2.20. The first kappa shape index (κ1) is 14.9. The molecule has 0 bridgehead atoms. The van der Waals surface area contributed by atoms with Gasteiger partial charge in [-0.05, 0) is 49.2 Å². The van der Waals surface area contributed by atoms with Gasteiger partial charge in [0.15, 0.2) is 0 Å². The topological polar surface area (TPSA) is 3.24 Å². The zero-order valence-electron chi connectivity index (χ0n) is 12.7. The number of terminal acetylenes is 1. The Morgan fingerprint density at radius 3 is 1.76 bits per heavy atom. The van der Waals surface area contributed by atoms with Crippen molar-refractivity contribution in [3.05, 3.63) is 65.2 Å². The maximum absolute atomic E-state index is 5.35. The Kier molecular flexibility index (Phi) is 5.23. The molecule has 0 amide bonds. The summed E-state index contributed by atoms with van der Waals surface area (Å²) in [6.45, 7) is 6.43. The first-order chi connectivity index (χ1) is 10.3. The fraction of sp³-hybridized carbons (Fsp3) is 0.200. The summed E-state index contributed by atoms with van der Waals surface area (Å²) in [7, 11) is 0. The molecule has 0 N–H and O–H groups in total. The van der Waals surface area contributed by atoms with Crippen molar-refractivity contribution >= 4 is 17.8 Å². The van der Waals surface area contributed by atoms with Crippen molar-refractivity contribution in [2.45, 2.75) is 13.8 Å². The van der Waals surface area contributed by atoms with Crippen molar-refractivity contribution in [1.82, 2.24) is 0 Å². The van der Waals surface area contributed by atoms with Crippen LogP contribution in [0.15, 0.2) is 48.5 Å². The molecule has 0 aliphatic rings. The molecule has 2 aromatic carbocycles. The van der Waals surface area contributed by atoms with Gasteiger partial charge >= 0.3 is 0 Å². The number of hydrogen-bond acceptors (Lipinski definition) is 1. The summed E-state index contributed by atoms with van der Waals surface area (Å²) in [5.41, 5.74) is 4.54. The van der Waals surface area contributed by atoms with Gasteiger partial charge in [0, 0.05) is 24.3 Å². The zero-order chi connectivity index (χ0) is 15.1. The van der Waals surface area contributed by atoms with Crippen LogP contribution in [0.25, 0.3) is 12.2 Å². The molecule has 0 saturated heterocycles. The van der Waals surface area contributed by atoms with Crippen LogP contribution in [0.5, 0.6) is 0 Å².